The van der Waals surface area contributed by atoms with Crippen LogP contribution in [0.4, 0.5) is 0 Å². The first-order valence-electron chi connectivity index (χ1n) is 9.14. The minimum Gasteiger partial charge on any atom is -0.360 e. The molecule has 4 nitrogen and oxygen atoms in total. The van der Waals surface area contributed by atoms with E-state index in [9.17, 15) is 4.79 Å². The molecule has 0 spiro atoms. The van der Waals surface area contributed by atoms with E-state index in [4.69, 9.17) is 4.74 Å². The van der Waals surface area contributed by atoms with E-state index in [-0.39, 0.29) is 5.92 Å². The first kappa shape index (κ1) is 18.0. The van der Waals surface area contributed by atoms with Gasteiger partial charge in [0, 0.05) is 41.9 Å². The van der Waals surface area contributed by atoms with Gasteiger partial charge in [0.15, 0.2) is 0 Å². The Labute approximate surface area is 163 Å². The summed E-state index contributed by atoms with van der Waals surface area (Å²) in [6, 6.07) is 18.6. The van der Waals surface area contributed by atoms with Crippen LogP contribution in [-0.4, -0.2) is 22.4 Å². The molecule has 27 heavy (non-hydrogen) atoms. The number of aldehydes is 1. The minimum atomic E-state index is -0.530. The van der Waals surface area contributed by atoms with Crippen LogP contribution in [-0.2, 0) is 14.5 Å². The minimum absolute atomic E-state index is 0.0272. The molecule has 1 aliphatic heterocycles. The lowest BCUT2D eigenvalue weighted by Crippen LogP contribution is -2.35. The van der Waals surface area contributed by atoms with Crippen molar-refractivity contribution in [2.45, 2.75) is 29.6 Å². The third kappa shape index (κ3) is 3.70. The molecule has 1 fully saturated rings. The highest BCUT2D eigenvalue weighted by Gasteiger charge is 2.40. The Morgan fingerprint density at radius 2 is 1.96 bits per heavy atom. The van der Waals surface area contributed by atoms with Gasteiger partial charge in [-0.3, -0.25) is 0 Å². The van der Waals surface area contributed by atoms with Gasteiger partial charge in [0.25, 0.3) is 0 Å². The molecule has 2 heterocycles. The Hall–Kier alpha value is -2.37. The van der Waals surface area contributed by atoms with Crippen molar-refractivity contribution in [2.75, 3.05) is 6.61 Å². The van der Waals surface area contributed by atoms with Gasteiger partial charge in [0.1, 0.15) is 17.0 Å². The molecule has 0 N–H and O–H groups in total. The summed E-state index contributed by atoms with van der Waals surface area (Å²) in [7, 11) is 0. The lowest BCUT2D eigenvalue weighted by atomic mass is 9.92. The summed E-state index contributed by atoms with van der Waals surface area (Å²) in [5.41, 5.74) is 2.19. The maximum Gasteiger partial charge on any atom is 0.144 e. The summed E-state index contributed by atoms with van der Waals surface area (Å²) in [5.74, 6) is 0.986. The second-order valence-electron chi connectivity index (χ2n) is 6.80. The fraction of sp³-hybridized carbons (Fsp3) is 0.273. The molecule has 1 aromatic heterocycles. The molecular formula is C22H22N2O2S. The number of thioether (sulfide) groups is 1. The van der Waals surface area contributed by atoms with Crippen molar-refractivity contribution in [3.8, 4) is 5.69 Å². The van der Waals surface area contributed by atoms with Crippen molar-refractivity contribution in [2.24, 2.45) is 5.92 Å². The molecule has 138 valence electrons. The number of ether oxygens (including phenoxy) is 1. The molecule has 1 aliphatic rings. The van der Waals surface area contributed by atoms with Gasteiger partial charge in [-0.2, -0.15) is 0 Å². The molecule has 3 aromatic rings. The molecule has 0 radical (unpaired) electrons. The van der Waals surface area contributed by atoms with E-state index < -0.39 is 4.93 Å². The van der Waals surface area contributed by atoms with Crippen molar-refractivity contribution in [1.29, 1.82) is 0 Å². The van der Waals surface area contributed by atoms with Crippen molar-refractivity contribution in [3.63, 3.8) is 0 Å². The molecule has 0 bridgehead atoms. The van der Waals surface area contributed by atoms with Gasteiger partial charge >= 0.3 is 0 Å². The number of rotatable bonds is 5. The van der Waals surface area contributed by atoms with E-state index >= 15 is 0 Å². The number of hydrogen-bond donors (Lipinski definition) is 0. The topological polar surface area (TPSA) is 44.1 Å². The predicted molar refractivity (Wildman–Crippen MR) is 107 cm³/mol. The molecule has 2 unspecified atom stereocenters. The Morgan fingerprint density at radius 3 is 2.63 bits per heavy atom. The van der Waals surface area contributed by atoms with Gasteiger partial charge in [-0.25, -0.2) is 4.98 Å². The zero-order chi connectivity index (χ0) is 18.7. The average molecular weight is 378 g/mol. The van der Waals surface area contributed by atoms with Crippen LogP contribution >= 0.6 is 11.8 Å². The van der Waals surface area contributed by atoms with Crippen LogP contribution in [0.25, 0.3) is 5.69 Å². The second kappa shape index (κ2) is 7.71. The zero-order valence-electron chi connectivity index (χ0n) is 15.2. The van der Waals surface area contributed by atoms with Crippen LogP contribution in [0, 0.1) is 12.8 Å². The smallest absolute Gasteiger partial charge is 0.144 e. The number of carbonyl (C=O) groups is 1. The fourth-order valence-corrected chi connectivity index (χ4v) is 4.88. The van der Waals surface area contributed by atoms with Gasteiger partial charge in [0.05, 0.1) is 0 Å². The van der Waals surface area contributed by atoms with Crippen molar-refractivity contribution >= 4 is 18.0 Å². The third-order valence-electron chi connectivity index (χ3n) is 4.98. The highest BCUT2D eigenvalue weighted by Crippen LogP contribution is 2.49. The van der Waals surface area contributed by atoms with Gasteiger partial charge in [-0.05, 0) is 43.2 Å². The Morgan fingerprint density at radius 1 is 1.19 bits per heavy atom. The molecular weight excluding hydrogens is 356 g/mol. The van der Waals surface area contributed by atoms with E-state index in [1.807, 2.05) is 31.3 Å². The van der Waals surface area contributed by atoms with Crippen molar-refractivity contribution < 1.29 is 9.53 Å². The number of hydrogen-bond acceptors (Lipinski definition) is 4. The second-order valence-corrected chi connectivity index (χ2v) is 8.13. The summed E-state index contributed by atoms with van der Waals surface area (Å²) >= 11 is 1.69. The number of aromatic nitrogens is 2. The number of aryl methyl sites for hydroxylation is 1. The van der Waals surface area contributed by atoms with Crippen LogP contribution in [0.1, 0.15) is 24.2 Å². The van der Waals surface area contributed by atoms with E-state index in [0.29, 0.717) is 13.0 Å². The van der Waals surface area contributed by atoms with E-state index in [0.717, 1.165) is 34.7 Å². The fourth-order valence-electron chi connectivity index (χ4n) is 3.54. The molecule has 2 atom stereocenters. The molecule has 0 aliphatic carbocycles. The standard InChI is InChI=1S/C22H22N2O2S/c1-17-23-12-13-24(17)20-7-9-21(10-8-20)27-22(19-5-3-2-4-6-19)15-18(16-25)11-14-26-22/h2-10,12-13,16,18H,11,14-15H2,1H3. The summed E-state index contributed by atoms with van der Waals surface area (Å²) in [6.07, 6.45) is 6.32. The Bertz CT molecular complexity index is 908. The van der Waals surface area contributed by atoms with Crippen molar-refractivity contribution in [3.05, 3.63) is 78.4 Å². The van der Waals surface area contributed by atoms with Crippen LogP contribution < -0.4 is 0 Å². The van der Waals surface area contributed by atoms with Crippen LogP contribution in [0.2, 0.25) is 0 Å². The van der Waals surface area contributed by atoms with Crippen molar-refractivity contribution in [1.82, 2.24) is 9.55 Å². The predicted octanol–water partition coefficient (Wildman–Crippen LogP) is 4.75. The SMILES string of the molecule is Cc1nccn1-c1ccc(SC2(c3ccccc3)CC(C=O)CCO2)cc1. The third-order valence-corrected chi connectivity index (χ3v) is 6.34. The normalized spacial score (nSPS) is 22.5. The molecule has 0 amide bonds. The number of nitrogens with zero attached hydrogens (tertiary/aromatic N) is 2. The maximum atomic E-state index is 11.5. The summed E-state index contributed by atoms with van der Waals surface area (Å²) in [6.45, 7) is 2.58. The maximum absolute atomic E-state index is 11.5. The number of imidazole rings is 1. The molecule has 5 heteroatoms. The zero-order valence-corrected chi connectivity index (χ0v) is 16.1. The highest BCUT2D eigenvalue weighted by atomic mass is 32.2. The van der Waals surface area contributed by atoms with E-state index in [1.165, 1.54) is 0 Å². The highest BCUT2D eigenvalue weighted by molar-refractivity contribution is 8.00. The number of carbonyl (C=O) groups excluding carboxylic acids is 1. The Kier molecular flexibility index (Phi) is 5.14. The lowest BCUT2D eigenvalue weighted by Gasteiger charge is -2.39. The van der Waals surface area contributed by atoms with Gasteiger partial charge in [-0.15, -0.1) is 0 Å². The van der Waals surface area contributed by atoms with Crippen LogP contribution in [0.5, 0.6) is 0 Å². The summed E-state index contributed by atoms with van der Waals surface area (Å²) < 4.78 is 8.35. The van der Waals surface area contributed by atoms with Gasteiger partial charge in [-0.1, -0.05) is 42.1 Å². The van der Waals surface area contributed by atoms with E-state index in [1.54, 1.807) is 18.0 Å². The largest absolute Gasteiger partial charge is 0.360 e. The molecule has 4 rings (SSSR count). The lowest BCUT2D eigenvalue weighted by molar-refractivity contribution is -0.117. The molecule has 2 aromatic carbocycles. The van der Waals surface area contributed by atoms with Gasteiger partial charge in [0.2, 0.25) is 0 Å². The van der Waals surface area contributed by atoms with Gasteiger partial charge < -0.3 is 14.1 Å². The Balaban J connectivity index is 1.64. The van der Waals surface area contributed by atoms with Crippen LogP contribution in [0.3, 0.4) is 0 Å². The summed E-state index contributed by atoms with van der Waals surface area (Å²) in [4.78, 5) is 16.3. The summed E-state index contributed by atoms with van der Waals surface area (Å²) in [5, 5.41) is 0. The number of benzene rings is 2. The van der Waals surface area contributed by atoms with Crippen LogP contribution in [0.15, 0.2) is 71.9 Å². The molecule has 0 saturated carbocycles. The first-order valence-corrected chi connectivity index (χ1v) is 9.96. The molecule has 1 saturated heterocycles. The first-order chi connectivity index (χ1) is 13.2. The van der Waals surface area contributed by atoms with E-state index in [2.05, 4.69) is 45.9 Å². The average Bonchev–Trinajstić information content (AvgIpc) is 3.15. The quantitative estimate of drug-likeness (QED) is 0.601. The monoisotopic (exact) mass is 378 g/mol.